The van der Waals surface area contributed by atoms with E-state index in [2.05, 4.69) is 15.6 Å². The van der Waals surface area contributed by atoms with Crippen LogP contribution in [-0.2, 0) is 11.2 Å². The van der Waals surface area contributed by atoms with Crippen LogP contribution in [-0.4, -0.2) is 30.0 Å². The lowest BCUT2D eigenvalue weighted by atomic mass is 10.2. The zero-order valence-electron chi connectivity index (χ0n) is 16.2. The Bertz CT molecular complexity index is 1030. The first-order valence-corrected chi connectivity index (χ1v) is 9.74. The van der Waals surface area contributed by atoms with Gasteiger partial charge in [0.25, 0.3) is 0 Å². The largest absolute Gasteiger partial charge is 0.444 e. The Morgan fingerprint density at radius 3 is 2.60 bits per heavy atom. The van der Waals surface area contributed by atoms with E-state index in [1.54, 1.807) is 29.2 Å². The molecule has 8 heteroatoms. The summed E-state index contributed by atoms with van der Waals surface area (Å²) < 4.78 is 18.4. The zero-order chi connectivity index (χ0) is 20.9. The van der Waals surface area contributed by atoms with Gasteiger partial charge in [-0.05, 0) is 55.0 Å². The number of benzene rings is 2. The molecule has 2 aromatic carbocycles. The first kappa shape index (κ1) is 19.6. The highest BCUT2D eigenvalue weighted by molar-refractivity contribution is 5.96. The zero-order valence-corrected chi connectivity index (χ0v) is 16.2. The number of carbonyl (C=O) groups excluding carboxylic acids is 2. The Kier molecular flexibility index (Phi) is 5.74. The number of hydrogen-bond acceptors (Lipinski definition) is 4. The van der Waals surface area contributed by atoms with Gasteiger partial charge in [-0.25, -0.2) is 14.2 Å². The van der Waals surface area contributed by atoms with Gasteiger partial charge >= 0.3 is 6.03 Å². The number of amides is 3. The summed E-state index contributed by atoms with van der Waals surface area (Å²) in [6.07, 6.45) is 3.47. The minimum Gasteiger partial charge on any atom is -0.444 e. The maximum atomic E-state index is 13.0. The van der Waals surface area contributed by atoms with Crippen LogP contribution in [0, 0.1) is 5.82 Å². The fourth-order valence-electron chi connectivity index (χ4n) is 3.27. The molecule has 2 heterocycles. The van der Waals surface area contributed by atoms with Crippen molar-refractivity contribution < 1.29 is 18.4 Å². The van der Waals surface area contributed by atoms with Crippen LogP contribution in [0.5, 0.6) is 0 Å². The number of oxazole rings is 1. The Balaban J connectivity index is 1.24. The predicted molar refractivity (Wildman–Crippen MR) is 111 cm³/mol. The molecular weight excluding hydrogens is 387 g/mol. The van der Waals surface area contributed by atoms with Crippen LogP contribution in [0.4, 0.5) is 20.6 Å². The molecule has 3 amide bonds. The van der Waals surface area contributed by atoms with Crippen molar-refractivity contribution in [2.24, 2.45) is 0 Å². The molecule has 0 radical (unpaired) electrons. The smallest absolute Gasteiger partial charge is 0.319 e. The molecule has 30 heavy (non-hydrogen) atoms. The first-order chi connectivity index (χ1) is 14.6. The highest BCUT2D eigenvalue weighted by atomic mass is 19.1. The monoisotopic (exact) mass is 408 g/mol. The third kappa shape index (κ3) is 4.65. The van der Waals surface area contributed by atoms with Gasteiger partial charge in [-0.3, -0.25) is 4.79 Å². The van der Waals surface area contributed by atoms with Gasteiger partial charge in [-0.1, -0.05) is 0 Å². The minimum atomic E-state index is -0.331. The third-order valence-electron chi connectivity index (χ3n) is 4.82. The second-order valence-corrected chi connectivity index (χ2v) is 6.98. The number of nitrogens with zero attached hydrogens (tertiary/aromatic N) is 2. The van der Waals surface area contributed by atoms with Gasteiger partial charge in [0.15, 0.2) is 0 Å². The molecule has 3 aromatic rings. The van der Waals surface area contributed by atoms with Crippen molar-refractivity contribution in [3.8, 4) is 11.5 Å². The summed E-state index contributed by atoms with van der Waals surface area (Å²) in [5.74, 6) is 0.217. The van der Waals surface area contributed by atoms with Gasteiger partial charge < -0.3 is 20.0 Å². The average Bonchev–Trinajstić information content (AvgIpc) is 3.38. The van der Waals surface area contributed by atoms with Gasteiger partial charge in [0, 0.05) is 42.9 Å². The maximum Gasteiger partial charge on any atom is 0.319 e. The predicted octanol–water partition coefficient (Wildman–Crippen LogP) is 3.97. The molecule has 0 aliphatic carbocycles. The molecule has 0 unspecified atom stereocenters. The summed E-state index contributed by atoms with van der Waals surface area (Å²) in [6, 6.07) is 12.8. The van der Waals surface area contributed by atoms with Gasteiger partial charge in [-0.15, -0.1) is 0 Å². The number of hydrogen-bond donors (Lipinski definition) is 2. The number of halogens is 1. The van der Waals surface area contributed by atoms with E-state index in [9.17, 15) is 14.0 Å². The maximum absolute atomic E-state index is 13.0. The van der Waals surface area contributed by atoms with Crippen molar-refractivity contribution in [2.75, 3.05) is 23.3 Å². The summed E-state index contributed by atoms with van der Waals surface area (Å²) in [7, 11) is 0. The number of nitrogens with one attached hydrogen (secondary N) is 2. The number of urea groups is 1. The van der Waals surface area contributed by atoms with Gasteiger partial charge in [0.2, 0.25) is 11.8 Å². The molecule has 2 N–H and O–H groups in total. The van der Waals surface area contributed by atoms with Crippen LogP contribution in [0.15, 0.2) is 59.2 Å². The number of aromatic nitrogens is 1. The SMILES string of the molecule is O=C(NCCc1coc(-c2ccc(F)cc2)n1)Nc1ccc(N2CCCC2=O)cc1. The Hall–Kier alpha value is -3.68. The van der Waals surface area contributed by atoms with Crippen LogP contribution in [0.2, 0.25) is 0 Å². The second-order valence-electron chi connectivity index (χ2n) is 6.98. The van der Waals surface area contributed by atoms with Crippen LogP contribution in [0.1, 0.15) is 18.5 Å². The quantitative estimate of drug-likeness (QED) is 0.646. The molecule has 154 valence electrons. The van der Waals surface area contributed by atoms with Gasteiger partial charge in [0.05, 0.1) is 5.69 Å². The van der Waals surface area contributed by atoms with E-state index >= 15 is 0 Å². The average molecular weight is 408 g/mol. The number of anilines is 2. The van der Waals surface area contributed by atoms with Crippen LogP contribution >= 0.6 is 0 Å². The lowest BCUT2D eigenvalue weighted by Gasteiger charge is -2.16. The molecule has 1 aliphatic heterocycles. The van der Waals surface area contributed by atoms with Crippen molar-refractivity contribution in [3.05, 3.63) is 66.3 Å². The Morgan fingerprint density at radius 2 is 1.90 bits per heavy atom. The normalized spacial score (nSPS) is 13.5. The molecule has 1 aromatic heterocycles. The Morgan fingerprint density at radius 1 is 1.13 bits per heavy atom. The molecule has 1 saturated heterocycles. The van der Waals surface area contributed by atoms with Crippen molar-refractivity contribution in [1.82, 2.24) is 10.3 Å². The Labute approximate surface area is 172 Å². The van der Waals surface area contributed by atoms with E-state index < -0.39 is 0 Å². The first-order valence-electron chi connectivity index (χ1n) is 9.74. The molecule has 4 rings (SSSR count). The fraction of sp³-hybridized carbons (Fsp3) is 0.227. The van der Waals surface area contributed by atoms with Crippen LogP contribution in [0.3, 0.4) is 0 Å². The highest BCUT2D eigenvalue weighted by Gasteiger charge is 2.21. The summed E-state index contributed by atoms with van der Waals surface area (Å²) in [6.45, 7) is 1.11. The minimum absolute atomic E-state index is 0.129. The number of carbonyl (C=O) groups is 2. The van der Waals surface area contributed by atoms with Crippen molar-refractivity contribution >= 4 is 23.3 Å². The van der Waals surface area contributed by atoms with Crippen LogP contribution in [0.25, 0.3) is 11.5 Å². The van der Waals surface area contributed by atoms with E-state index in [4.69, 9.17) is 4.42 Å². The second kappa shape index (κ2) is 8.77. The fourth-order valence-corrected chi connectivity index (χ4v) is 3.27. The molecular formula is C22H21FN4O3. The van der Waals surface area contributed by atoms with Crippen molar-refractivity contribution in [2.45, 2.75) is 19.3 Å². The van der Waals surface area contributed by atoms with E-state index in [0.29, 0.717) is 42.2 Å². The molecule has 7 nitrogen and oxygen atoms in total. The summed E-state index contributed by atoms with van der Waals surface area (Å²) in [4.78, 5) is 30.0. The van der Waals surface area contributed by atoms with E-state index in [0.717, 1.165) is 18.7 Å². The molecule has 0 saturated carbocycles. The molecule has 1 aliphatic rings. The topological polar surface area (TPSA) is 87.5 Å². The summed E-state index contributed by atoms with van der Waals surface area (Å²) >= 11 is 0. The summed E-state index contributed by atoms with van der Waals surface area (Å²) in [5.41, 5.74) is 2.86. The standard InChI is InChI=1S/C22H21FN4O3/c23-16-5-3-15(4-6-16)21-25-18(14-30-21)11-12-24-22(29)26-17-7-9-19(10-8-17)27-13-1-2-20(27)28/h3-10,14H,1-2,11-13H2,(H2,24,26,29). The summed E-state index contributed by atoms with van der Waals surface area (Å²) in [5, 5.41) is 5.53. The lowest BCUT2D eigenvalue weighted by Crippen LogP contribution is -2.30. The molecule has 0 spiro atoms. The van der Waals surface area contributed by atoms with E-state index in [1.807, 2.05) is 12.1 Å². The molecule has 0 bridgehead atoms. The highest BCUT2D eigenvalue weighted by Crippen LogP contribution is 2.23. The number of rotatable bonds is 6. The molecule has 0 atom stereocenters. The molecule has 1 fully saturated rings. The van der Waals surface area contributed by atoms with Gasteiger partial charge in [0.1, 0.15) is 12.1 Å². The van der Waals surface area contributed by atoms with Crippen molar-refractivity contribution in [3.63, 3.8) is 0 Å². The van der Waals surface area contributed by atoms with E-state index in [1.165, 1.54) is 18.4 Å². The van der Waals surface area contributed by atoms with E-state index in [-0.39, 0.29) is 17.8 Å². The van der Waals surface area contributed by atoms with Crippen LogP contribution < -0.4 is 15.5 Å². The van der Waals surface area contributed by atoms with Gasteiger partial charge in [-0.2, -0.15) is 0 Å². The third-order valence-corrected chi connectivity index (χ3v) is 4.82. The van der Waals surface area contributed by atoms with Crippen molar-refractivity contribution in [1.29, 1.82) is 0 Å². The lowest BCUT2D eigenvalue weighted by molar-refractivity contribution is -0.117.